The first-order chi connectivity index (χ1) is 8.27. The number of benzene rings is 1. The van der Waals surface area contributed by atoms with Crippen molar-refractivity contribution in [1.29, 1.82) is 0 Å². The number of carbonyl (C=O) groups excluding carboxylic acids is 1. The van der Waals surface area contributed by atoms with Gasteiger partial charge in [-0.05, 0) is 19.0 Å². The van der Waals surface area contributed by atoms with E-state index < -0.39 is 0 Å². The van der Waals surface area contributed by atoms with Crippen LogP contribution in [0.25, 0.3) is 0 Å². The number of carbonyl (C=O) groups is 1. The molecule has 1 rings (SSSR count). The van der Waals surface area contributed by atoms with Crippen molar-refractivity contribution >= 4 is 5.91 Å². The molecular formula is C14H22N2O. The van der Waals surface area contributed by atoms with Gasteiger partial charge in [0.2, 0.25) is 5.91 Å². The minimum atomic E-state index is 0.227. The van der Waals surface area contributed by atoms with Gasteiger partial charge in [-0.3, -0.25) is 4.79 Å². The molecule has 17 heavy (non-hydrogen) atoms. The van der Waals surface area contributed by atoms with Crippen molar-refractivity contribution in [3.63, 3.8) is 0 Å². The van der Waals surface area contributed by atoms with Gasteiger partial charge in [-0.1, -0.05) is 37.3 Å². The van der Waals surface area contributed by atoms with Crippen LogP contribution in [0, 0.1) is 0 Å². The van der Waals surface area contributed by atoms with Gasteiger partial charge in [0.15, 0.2) is 0 Å². The second kappa shape index (κ2) is 7.85. The summed E-state index contributed by atoms with van der Waals surface area (Å²) in [5.41, 5.74) is 1.19. The summed E-state index contributed by atoms with van der Waals surface area (Å²) >= 11 is 0. The Morgan fingerprint density at radius 1 is 1.29 bits per heavy atom. The molecule has 0 aliphatic heterocycles. The molecule has 0 unspecified atom stereocenters. The van der Waals surface area contributed by atoms with Crippen LogP contribution in [-0.2, 0) is 11.3 Å². The van der Waals surface area contributed by atoms with Crippen LogP contribution in [0.15, 0.2) is 30.3 Å². The third-order valence-corrected chi connectivity index (χ3v) is 2.65. The molecule has 0 spiro atoms. The quantitative estimate of drug-likeness (QED) is 0.783. The second-order valence-electron chi connectivity index (χ2n) is 4.15. The lowest BCUT2D eigenvalue weighted by Crippen LogP contribution is -2.33. The fourth-order valence-electron chi connectivity index (χ4n) is 1.76. The molecule has 0 heterocycles. The summed E-state index contributed by atoms with van der Waals surface area (Å²) in [6.45, 7) is 4.39. The standard InChI is InChI=1S/C14H22N2O/c1-3-11-16(14(17)9-10-15-2)12-13-7-5-4-6-8-13/h4-8,15H,3,9-12H2,1-2H3. The monoisotopic (exact) mass is 234 g/mol. The van der Waals surface area contributed by atoms with Crippen molar-refractivity contribution in [2.24, 2.45) is 0 Å². The van der Waals surface area contributed by atoms with Gasteiger partial charge in [0.1, 0.15) is 0 Å². The summed E-state index contributed by atoms with van der Waals surface area (Å²) in [5, 5.41) is 3.01. The minimum absolute atomic E-state index is 0.227. The molecule has 0 bridgehead atoms. The van der Waals surface area contributed by atoms with Gasteiger partial charge < -0.3 is 10.2 Å². The maximum Gasteiger partial charge on any atom is 0.224 e. The van der Waals surface area contributed by atoms with E-state index in [1.165, 1.54) is 5.56 Å². The normalized spacial score (nSPS) is 10.2. The molecular weight excluding hydrogens is 212 g/mol. The first kappa shape index (κ1) is 13.7. The molecule has 0 aliphatic carbocycles. The topological polar surface area (TPSA) is 32.3 Å². The summed E-state index contributed by atoms with van der Waals surface area (Å²) in [6, 6.07) is 10.1. The average Bonchev–Trinajstić information content (AvgIpc) is 2.36. The van der Waals surface area contributed by atoms with E-state index in [1.807, 2.05) is 30.1 Å². The van der Waals surface area contributed by atoms with E-state index in [9.17, 15) is 4.79 Å². The average molecular weight is 234 g/mol. The van der Waals surface area contributed by atoms with Crippen molar-refractivity contribution < 1.29 is 4.79 Å². The molecule has 94 valence electrons. The number of rotatable bonds is 7. The third kappa shape index (κ3) is 5.00. The van der Waals surface area contributed by atoms with Crippen LogP contribution in [0.1, 0.15) is 25.3 Å². The highest BCUT2D eigenvalue weighted by Gasteiger charge is 2.11. The summed E-state index contributed by atoms with van der Waals surface area (Å²) < 4.78 is 0. The Labute approximate surface area is 104 Å². The van der Waals surface area contributed by atoms with E-state index >= 15 is 0 Å². The number of nitrogens with zero attached hydrogens (tertiary/aromatic N) is 1. The maximum atomic E-state index is 12.0. The largest absolute Gasteiger partial charge is 0.338 e. The van der Waals surface area contributed by atoms with E-state index in [0.29, 0.717) is 6.42 Å². The highest BCUT2D eigenvalue weighted by molar-refractivity contribution is 5.76. The lowest BCUT2D eigenvalue weighted by Gasteiger charge is -2.22. The zero-order valence-corrected chi connectivity index (χ0v) is 10.8. The molecule has 1 aromatic rings. The smallest absolute Gasteiger partial charge is 0.224 e. The molecule has 0 atom stereocenters. The Bertz CT molecular complexity index is 324. The van der Waals surface area contributed by atoms with Gasteiger partial charge in [-0.25, -0.2) is 0 Å². The Hall–Kier alpha value is -1.35. The van der Waals surface area contributed by atoms with E-state index in [2.05, 4.69) is 24.4 Å². The minimum Gasteiger partial charge on any atom is -0.338 e. The van der Waals surface area contributed by atoms with Crippen molar-refractivity contribution in [3.8, 4) is 0 Å². The maximum absolute atomic E-state index is 12.0. The van der Waals surface area contributed by atoms with Gasteiger partial charge in [0.05, 0.1) is 0 Å². The molecule has 1 amide bonds. The molecule has 0 radical (unpaired) electrons. The molecule has 0 aromatic heterocycles. The Morgan fingerprint density at radius 3 is 2.59 bits per heavy atom. The van der Waals surface area contributed by atoms with E-state index in [1.54, 1.807) is 0 Å². The molecule has 3 heteroatoms. The number of hydrogen-bond acceptors (Lipinski definition) is 2. The summed E-state index contributed by atoms with van der Waals surface area (Å²) in [4.78, 5) is 13.9. The molecule has 0 saturated carbocycles. The van der Waals surface area contributed by atoms with Crippen molar-refractivity contribution in [1.82, 2.24) is 10.2 Å². The zero-order chi connectivity index (χ0) is 12.5. The van der Waals surface area contributed by atoms with Crippen molar-refractivity contribution in [2.75, 3.05) is 20.1 Å². The fourth-order valence-corrected chi connectivity index (χ4v) is 1.76. The highest BCUT2D eigenvalue weighted by atomic mass is 16.2. The molecule has 0 saturated heterocycles. The van der Waals surface area contributed by atoms with Crippen LogP contribution >= 0.6 is 0 Å². The van der Waals surface area contributed by atoms with Gasteiger partial charge in [-0.15, -0.1) is 0 Å². The van der Waals surface area contributed by atoms with Crippen LogP contribution < -0.4 is 5.32 Å². The number of hydrogen-bond donors (Lipinski definition) is 1. The molecule has 3 nitrogen and oxygen atoms in total. The highest BCUT2D eigenvalue weighted by Crippen LogP contribution is 2.06. The number of nitrogens with one attached hydrogen (secondary N) is 1. The van der Waals surface area contributed by atoms with E-state index in [-0.39, 0.29) is 5.91 Å². The molecule has 1 aromatic carbocycles. The summed E-state index contributed by atoms with van der Waals surface area (Å²) in [6.07, 6.45) is 1.57. The van der Waals surface area contributed by atoms with Gasteiger partial charge in [-0.2, -0.15) is 0 Å². The molecule has 0 aliphatic rings. The second-order valence-corrected chi connectivity index (χ2v) is 4.15. The van der Waals surface area contributed by atoms with E-state index in [0.717, 1.165) is 26.1 Å². The van der Waals surface area contributed by atoms with E-state index in [4.69, 9.17) is 0 Å². The molecule has 1 N–H and O–H groups in total. The van der Waals surface area contributed by atoms with Crippen molar-refractivity contribution in [3.05, 3.63) is 35.9 Å². The van der Waals surface area contributed by atoms with Crippen LogP contribution in [0.4, 0.5) is 0 Å². The van der Waals surface area contributed by atoms with Gasteiger partial charge in [0.25, 0.3) is 0 Å². The first-order valence-corrected chi connectivity index (χ1v) is 6.24. The SMILES string of the molecule is CCCN(Cc1ccccc1)C(=O)CCNC. The van der Waals surface area contributed by atoms with Crippen LogP contribution in [0.3, 0.4) is 0 Å². The van der Waals surface area contributed by atoms with Crippen LogP contribution in [0.5, 0.6) is 0 Å². The zero-order valence-electron chi connectivity index (χ0n) is 10.8. The first-order valence-electron chi connectivity index (χ1n) is 6.24. The predicted octanol–water partition coefficient (Wildman–Crippen LogP) is 2.03. The Kier molecular flexibility index (Phi) is 6.33. The summed E-state index contributed by atoms with van der Waals surface area (Å²) in [7, 11) is 1.87. The van der Waals surface area contributed by atoms with Gasteiger partial charge >= 0.3 is 0 Å². The number of amides is 1. The fraction of sp³-hybridized carbons (Fsp3) is 0.500. The van der Waals surface area contributed by atoms with Gasteiger partial charge in [0, 0.05) is 26.1 Å². The summed E-state index contributed by atoms with van der Waals surface area (Å²) in [5.74, 6) is 0.227. The lowest BCUT2D eigenvalue weighted by molar-refractivity contribution is -0.131. The van der Waals surface area contributed by atoms with Crippen LogP contribution in [-0.4, -0.2) is 30.9 Å². The Balaban J connectivity index is 2.56. The predicted molar refractivity (Wildman–Crippen MR) is 70.7 cm³/mol. The molecule has 0 fully saturated rings. The van der Waals surface area contributed by atoms with Crippen LogP contribution in [0.2, 0.25) is 0 Å². The lowest BCUT2D eigenvalue weighted by atomic mass is 10.2. The third-order valence-electron chi connectivity index (χ3n) is 2.65. The van der Waals surface area contributed by atoms with Crippen molar-refractivity contribution in [2.45, 2.75) is 26.3 Å². The Morgan fingerprint density at radius 2 is 2.00 bits per heavy atom.